The smallest absolute Gasteiger partial charge is 0.159 e. The monoisotopic (exact) mass is 749 g/mol. The van der Waals surface area contributed by atoms with E-state index in [1.54, 1.807) is 0 Å². The minimum atomic E-state index is -0.533. The summed E-state index contributed by atoms with van der Waals surface area (Å²) in [5.41, 5.74) is 17.2. The van der Waals surface area contributed by atoms with Crippen molar-refractivity contribution in [1.82, 2.24) is 0 Å². The van der Waals surface area contributed by atoms with Crippen molar-refractivity contribution in [2.75, 3.05) is 4.90 Å². The van der Waals surface area contributed by atoms with Gasteiger partial charge in [-0.2, -0.15) is 0 Å². The van der Waals surface area contributed by atoms with Gasteiger partial charge in [-0.3, -0.25) is 0 Å². The van der Waals surface area contributed by atoms with E-state index in [2.05, 4.69) is 217 Å². The summed E-state index contributed by atoms with van der Waals surface area (Å²) in [4.78, 5) is 2.47. The fourth-order valence-electron chi connectivity index (χ4n) is 10.7. The van der Waals surface area contributed by atoms with E-state index in [9.17, 15) is 0 Å². The van der Waals surface area contributed by atoms with E-state index in [1.807, 2.05) is 0 Å². The van der Waals surface area contributed by atoms with Crippen LogP contribution in [0.2, 0.25) is 0 Å². The van der Waals surface area contributed by atoms with Crippen LogP contribution in [-0.4, -0.2) is 0 Å². The molecule has 10 aromatic carbocycles. The molecule has 0 unspecified atom stereocenters. The molecule has 1 spiro atoms. The standard InChI is InChI=1S/C57H35NO/c1-3-17-40-36(14-1)16-11-22-41(40)38-30-33-39(34-31-38)58(52-29-13-24-47-54-42-18-4-2-15-37(42)32-35-53(54)59-56(47)52)51-28-12-23-46-45-21-7-10-27-50(45)57(55(46)51)48-25-8-5-19-43(48)44-20-6-9-26-49(44)57/h1-35H. The van der Waals surface area contributed by atoms with Crippen molar-refractivity contribution >= 4 is 60.5 Å². The van der Waals surface area contributed by atoms with E-state index in [0.29, 0.717) is 0 Å². The van der Waals surface area contributed by atoms with Crippen molar-refractivity contribution in [2.24, 2.45) is 0 Å². The van der Waals surface area contributed by atoms with E-state index in [1.165, 1.54) is 77.2 Å². The normalized spacial score (nSPS) is 13.2. The predicted octanol–water partition coefficient (Wildman–Crippen LogP) is 15.4. The second-order valence-corrected chi connectivity index (χ2v) is 15.9. The second kappa shape index (κ2) is 12.2. The zero-order chi connectivity index (χ0) is 38.7. The first-order chi connectivity index (χ1) is 29.3. The molecule has 0 bridgehead atoms. The molecule has 1 heterocycles. The van der Waals surface area contributed by atoms with Gasteiger partial charge < -0.3 is 9.32 Å². The zero-order valence-electron chi connectivity index (χ0n) is 32.1. The Bertz CT molecular complexity index is 3450. The summed E-state index contributed by atoms with van der Waals surface area (Å²) in [6.45, 7) is 0. The Morgan fingerprint density at radius 2 is 0.864 bits per heavy atom. The third-order valence-corrected chi connectivity index (χ3v) is 13.1. The molecule has 13 rings (SSSR count). The maximum atomic E-state index is 7.03. The lowest BCUT2D eigenvalue weighted by atomic mass is 9.70. The molecular formula is C57H35NO. The van der Waals surface area contributed by atoms with Crippen molar-refractivity contribution in [2.45, 2.75) is 5.41 Å². The van der Waals surface area contributed by atoms with Gasteiger partial charge >= 0.3 is 0 Å². The van der Waals surface area contributed by atoms with Crippen molar-refractivity contribution in [3.05, 3.63) is 235 Å². The number of anilines is 3. The molecule has 0 saturated carbocycles. The molecule has 11 aromatic rings. The molecule has 0 N–H and O–H groups in total. The van der Waals surface area contributed by atoms with Crippen molar-refractivity contribution in [1.29, 1.82) is 0 Å². The van der Waals surface area contributed by atoms with E-state index >= 15 is 0 Å². The highest BCUT2D eigenvalue weighted by molar-refractivity contribution is 6.21. The van der Waals surface area contributed by atoms with Gasteiger partial charge in [0.05, 0.1) is 16.8 Å². The third kappa shape index (κ3) is 4.35. The minimum Gasteiger partial charge on any atom is -0.454 e. The molecule has 2 heteroatoms. The first kappa shape index (κ1) is 32.4. The highest BCUT2D eigenvalue weighted by atomic mass is 16.3. The van der Waals surface area contributed by atoms with Crippen LogP contribution in [0.5, 0.6) is 0 Å². The van der Waals surface area contributed by atoms with Crippen LogP contribution >= 0.6 is 0 Å². The average Bonchev–Trinajstić information content (AvgIpc) is 3.94. The van der Waals surface area contributed by atoms with E-state index in [4.69, 9.17) is 4.42 Å². The fourth-order valence-corrected chi connectivity index (χ4v) is 10.7. The Kier molecular flexibility index (Phi) is 6.68. The lowest BCUT2D eigenvalue weighted by Gasteiger charge is -2.35. The molecule has 1 aromatic heterocycles. The number of benzene rings is 10. The topological polar surface area (TPSA) is 16.4 Å². The Morgan fingerprint density at radius 3 is 1.59 bits per heavy atom. The fraction of sp³-hybridized carbons (Fsp3) is 0.0175. The van der Waals surface area contributed by atoms with Gasteiger partial charge in [-0.1, -0.05) is 182 Å². The number of hydrogen-bond acceptors (Lipinski definition) is 2. The van der Waals surface area contributed by atoms with Gasteiger partial charge in [0.15, 0.2) is 5.58 Å². The molecule has 2 aliphatic carbocycles. The maximum absolute atomic E-state index is 7.03. The quantitative estimate of drug-likeness (QED) is 0.178. The number of hydrogen-bond donors (Lipinski definition) is 0. The van der Waals surface area contributed by atoms with E-state index < -0.39 is 5.41 Å². The third-order valence-electron chi connectivity index (χ3n) is 13.1. The summed E-state index contributed by atoms with van der Waals surface area (Å²) in [6.07, 6.45) is 0. The summed E-state index contributed by atoms with van der Waals surface area (Å²) in [7, 11) is 0. The Morgan fingerprint density at radius 1 is 0.356 bits per heavy atom. The molecular weight excluding hydrogens is 715 g/mol. The minimum absolute atomic E-state index is 0.533. The van der Waals surface area contributed by atoms with Gasteiger partial charge in [-0.05, 0) is 102 Å². The van der Waals surface area contributed by atoms with Crippen LogP contribution in [0.25, 0.3) is 76.9 Å². The van der Waals surface area contributed by atoms with Gasteiger partial charge in [0.25, 0.3) is 0 Å². The molecule has 0 atom stereocenters. The first-order valence-corrected chi connectivity index (χ1v) is 20.4. The van der Waals surface area contributed by atoms with Gasteiger partial charge in [0, 0.05) is 22.0 Å². The molecule has 0 aliphatic heterocycles. The molecule has 2 nitrogen and oxygen atoms in total. The van der Waals surface area contributed by atoms with Crippen LogP contribution in [0.1, 0.15) is 22.3 Å². The SMILES string of the molecule is c1ccc2c(c1)-c1ccccc1C21c2ccccc2-c2cccc(N(c3ccc(-c4cccc5ccccc45)cc3)c3cccc4c3oc3ccc5ccccc5c34)c21. The zero-order valence-corrected chi connectivity index (χ0v) is 32.1. The molecule has 0 radical (unpaired) electrons. The predicted molar refractivity (Wildman–Crippen MR) is 245 cm³/mol. The van der Waals surface area contributed by atoms with Crippen LogP contribution in [0.3, 0.4) is 0 Å². The second-order valence-electron chi connectivity index (χ2n) is 15.9. The van der Waals surface area contributed by atoms with Gasteiger partial charge in [0.1, 0.15) is 5.58 Å². The maximum Gasteiger partial charge on any atom is 0.159 e. The molecule has 0 saturated heterocycles. The van der Waals surface area contributed by atoms with Gasteiger partial charge in [-0.25, -0.2) is 0 Å². The summed E-state index contributed by atoms with van der Waals surface area (Å²) in [5, 5.41) is 7.13. The summed E-state index contributed by atoms with van der Waals surface area (Å²) in [6, 6.07) is 78.0. The van der Waals surface area contributed by atoms with Crippen LogP contribution in [-0.2, 0) is 5.41 Å². The van der Waals surface area contributed by atoms with Crippen LogP contribution < -0.4 is 4.90 Å². The largest absolute Gasteiger partial charge is 0.454 e. The lowest BCUT2D eigenvalue weighted by Crippen LogP contribution is -2.28. The Balaban J connectivity index is 1.13. The Hall–Kier alpha value is -7.68. The molecule has 0 fully saturated rings. The van der Waals surface area contributed by atoms with E-state index in [0.717, 1.165) is 39.0 Å². The first-order valence-electron chi connectivity index (χ1n) is 20.4. The van der Waals surface area contributed by atoms with E-state index in [-0.39, 0.29) is 0 Å². The van der Waals surface area contributed by atoms with Crippen molar-refractivity contribution in [3.63, 3.8) is 0 Å². The van der Waals surface area contributed by atoms with Gasteiger partial charge in [-0.15, -0.1) is 0 Å². The number of nitrogens with zero attached hydrogens (tertiary/aromatic N) is 1. The van der Waals surface area contributed by atoms with Crippen molar-refractivity contribution in [3.8, 4) is 33.4 Å². The van der Waals surface area contributed by atoms with Gasteiger partial charge in [0.2, 0.25) is 0 Å². The number of furan rings is 1. The summed E-state index contributed by atoms with van der Waals surface area (Å²) in [5.74, 6) is 0. The summed E-state index contributed by atoms with van der Waals surface area (Å²) >= 11 is 0. The average molecular weight is 750 g/mol. The van der Waals surface area contributed by atoms with Crippen molar-refractivity contribution < 1.29 is 4.42 Å². The number of fused-ring (bicyclic) bond motifs is 16. The molecule has 59 heavy (non-hydrogen) atoms. The lowest BCUT2D eigenvalue weighted by molar-refractivity contribution is 0.669. The number of rotatable bonds is 4. The van der Waals surface area contributed by atoms with Crippen LogP contribution in [0.4, 0.5) is 17.1 Å². The number of para-hydroxylation sites is 1. The van der Waals surface area contributed by atoms with Crippen LogP contribution in [0.15, 0.2) is 217 Å². The molecule has 2 aliphatic rings. The molecule has 0 amide bonds. The highest BCUT2D eigenvalue weighted by Crippen LogP contribution is 2.65. The Labute approximate surface area is 341 Å². The molecule has 274 valence electrons. The summed E-state index contributed by atoms with van der Waals surface area (Å²) < 4.78 is 7.03. The highest BCUT2D eigenvalue weighted by Gasteiger charge is 2.53. The van der Waals surface area contributed by atoms with Crippen LogP contribution in [0, 0.1) is 0 Å².